The summed E-state index contributed by atoms with van der Waals surface area (Å²) >= 11 is 1.70. The lowest BCUT2D eigenvalue weighted by Gasteiger charge is -2.49. The number of aromatic nitrogens is 1. The van der Waals surface area contributed by atoms with Crippen LogP contribution in [0.3, 0.4) is 0 Å². The first-order valence-corrected chi connectivity index (χ1v) is 9.75. The molecule has 0 saturated carbocycles. The fourth-order valence-electron chi connectivity index (χ4n) is 4.53. The predicted octanol–water partition coefficient (Wildman–Crippen LogP) is 4.67. The molecule has 1 saturated heterocycles. The first-order chi connectivity index (χ1) is 12.3. The van der Waals surface area contributed by atoms with Gasteiger partial charge in [-0.25, -0.2) is 4.98 Å². The number of thiazole rings is 1. The van der Waals surface area contributed by atoms with Gasteiger partial charge in [0.2, 0.25) is 0 Å². The average molecular weight is 345 g/mol. The normalized spacial score (nSPS) is 25.2. The molecule has 2 aliphatic heterocycles. The Kier molecular flexibility index (Phi) is 3.33. The smallest absolute Gasteiger partial charge is 0.133 e. The largest absolute Gasteiger partial charge is 0.366 e. The maximum atomic E-state index is 10.4. The Labute approximate surface area is 151 Å². The van der Waals surface area contributed by atoms with Crippen LogP contribution in [0.2, 0.25) is 0 Å². The van der Waals surface area contributed by atoms with Crippen LogP contribution in [0.1, 0.15) is 29.8 Å². The van der Waals surface area contributed by atoms with E-state index >= 15 is 0 Å². The van der Waals surface area contributed by atoms with E-state index in [9.17, 15) is 5.26 Å². The number of benzene rings is 2. The molecule has 4 heteroatoms. The summed E-state index contributed by atoms with van der Waals surface area (Å²) < 4.78 is 1.17. The van der Waals surface area contributed by atoms with Crippen LogP contribution in [0, 0.1) is 11.3 Å². The molecule has 0 N–H and O–H groups in total. The molecule has 1 fully saturated rings. The number of nitrogens with zero attached hydrogens (tertiary/aromatic N) is 3. The van der Waals surface area contributed by atoms with Gasteiger partial charge >= 0.3 is 0 Å². The van der Waals surface area contributed by atoms with Crippen molar-refractivity contribution in [1.29, 1.82) is 5.26 Å². The Hall–Kier alpha value is -2.38. The van der Waals surface area contributed by atoms with Gasteiger partial charge in [0.15, 0.2) is 0 Å². The van der Waals surface area contributed by atoms with Crippen LogP contribution in [-0.4, -0.2) is 17.6 Å². The van der Waals surface area contributed by atoms with Crippen molar-refractivity contribution in [2.45, 2.75) is 37.1 Å². The van der Waals surface area contributed by atoms with Crippen LogP contribution in [0.5, 0.6) is 0 Å². The Morgan fingerprint density at radius 2 is 1.96 bits per heavy atom. The molecule has 5 rings (SSSR count). The number of piperidine rings is 1. The van der Waals surface area contributed by atoms with Crippen LogP contribution in [-0.2, 0) is 11.8 Å². The highest BCUT2D eigenvalue weighted by atomic mass is 32.1. The minimum atomic E-state index is -0.543. The second-order valence-electron chi connectivity index (χ2n) is 7.08. The molecule has 3 aromatic rings. The molecule has 0 aliphatic carbocycles. The Morgan fingerprint density at radius 1 is 1.12 bits per heavy atom. The van der Waals surface area contributed by atoms with E-state index in [-0.39, 0.29) is 6.04 Å². The number of rotatable bonds is 1. The Bertz CT molecular complexity index is 953. The number of nitriles is 1. The van der Waals surface area contributed by atoms with Gasteiger partial charge in [0.1, 0.15) is 10.4 Å². The molecule has 2 aromatic carbocycles. The Balaban J connectivity index is 1.73. The molecule has 0 radical (unpaired) electrons. The van der Waals surface area contributed by atoms with Gasteiger partial charge in [-0.3, -0.25) is 0 Å². The lowest BCUT2D eigenvalue weighted by Crippen LogP contribution is -2.56. The topological polar surface area (TPSA) is 39.9 Å². The minimum absolute atomic E-state index is 0.224. The fraction of sp³-hybridized carbons (Fsp3) is 0.333. The highest BCUT2D eigenvalue weighted by Gasteiger charge is 2.50. The summed E-state index contributed by atoms with van der Waals surface area (Å²) in [6.45, 7) is 1.04. The van der Waals surface area contributed by atoms with Crippen molar-refractivity contribution in [2.24, 2.45) is 0 Å². The summed E-state index contributed by atoms with van der Waals surface area (Å²) in [4.78, 5) is 7.40. The first-order valence-electron chi connectivity index (χ1n) is 8.94. The number of hydrogen-bond acceptors (Lipinski definition) is 4. The zero-order valence-corrected chi connectivity index (χ0v) is 14.8. The van der Waals surface area contributed by atoms with Gasteiger partial charge in [-0.05, 0) is 43.0 Å². The number of anilines is 1. The summed E-state index contributed by atoms with van der Waals surface area (Å²) in [5.41, 5.74) is 3.07. The summed E-state index contributed by atoms with van der Waals surface area (Å²) in [6, 6.07) is 19.8. The van der Waals surface area contributed by atoms with E-state index in [1.807, 2.05) is 12.1 Å². The molecule has 124 valence electrons. The minimum Gasteiger partial charge on any atom is -0.366 e. The van der Waals surface area contributed by atoms with E-state index in [1.165, 1.54) is 28.8 Å². The van der Waals surface area contributed by atoms with Crippen LogP contribution in [0.4, 0.5) is 5.69 Å². The first kappa shape index (κ1) is 14.9. The van der Waals surface area contributed by atoms with Gasteiger partial charge in [-0.2, -0.15) is 5.26 Å². The van der Waals surface area contributed by atoms with E-state index in [2.05, 4.69) is 47.4 Å². The summed E-state index contributed by atoms with van der Waals surface area (Å²) in [5, 5.41) is 11.4. The molecular weight excluding hydrogens is 326 g/mol. The third-order valence-corrected chi connectivity index (χ3v) is 6.93. The van der Waals surface area contributed by atoms with Crippen molar-refractivity contribution < 1.29 is 0 Å². The van der Waals surface area contributed by atoms with E-state index in [1.54, 1.807) is 11.3 Å². The summed E-state index contributed by atoms with van der Waals surface area (Å²) in [6.07, 6.45) is 4.22. The molecule has 2 atom stereocenters. The second kappa shape index (κ2) is 5.57. The number of para-hydroxylation sites is 2. The highest BCUT2D eigenvalue weighted by Crippen LogP contribution is 2.48. The number of fused-ring (bicyclic) bond motifs is 4. The molecule has 3 heterocycles. The SMILES string of the molecule is N#C[C@@]1(c2nc3ccccc3s2)Cc2ccccc2N2CCCC[C@@H]21. The maximum absolute atomic E-state index is 10.4. The van der Waals surface area contributed by atoms with Crippen LogP contribution in [0.15, 0.2) is 48.5 Å². The second-order valence-corrected chi connectivity index (χ2v) is 8.11. The van der Waals surface area contributed by atoms with Crippen molar-refractivity contribution in [1.82, 2.24) is 4.98 Å². The van der Waals surface area contributed by atoms with Gasteiger partial charge < -0.3 is 4.90 Å². The lowest BCUT2D eigenvalue weighted by molar-refractivity contribution is 0.324. The van der Waals surface area contributed by atoms with Crippen LogP contribution in [0.25, 0.3) is 10.2 Å². The average Bonchev–Trinajstić information content (AvgIpc) is 3.12. The molecule has 0 amide bonds. The Morgan fingerprint density at radius 3 is 2.84 bits per heavy atom. The predicted molar refractivity (Wildman–Crippen MR) is 102 cm³/mol. The molecule has 3 nitrogen and oxygen atoms in total. The van der Waals surface area contributed by atoms with E-state index in [4.69, 9.17) is 4.98 Å². The van der Waals surface area contributed by atoms with Crippen molar-refractivity contribution in [3.05, 3.63) is 59.1 Å². The van der Waals surface area contributed by atoms with Gasteiger partial charge in [0.25, 0.3) is 0 Å². The van der Waals surface area contributed by atoms with Crippen molar-refractivity contribution in [3.63, 3.8) is 0 Å². The molecule has 25 heavy (non-hydrogen) atoms. The molecule has 0 bridgehead atoms. The van der Waals surface area contributed by atoms with E-state index in [0.29, 0.717) is 0 Å². The molecular formula is C21H19N3S. The maximum Gasteiger partial charge on any atom is 0.133 e. The summed E-state index contributed by atoms with van der Waals surface area (Å²) in [7, 11) is 0. The molecule has 0 spiro atoms. The van der Waals surface area contributed by atoms with Crippen molar-refractivity contribution in [2.75, 3.05) is 11.4 Å². The third-order valence-electron chi connectivity index (χ3n) is 5.72. The highest BCUT2D eigenvalue weighted by molar-refractivity contribution is 7.18. The zero-order chi connectivity index (χ0) is 16.9. The van der Waals surface area contributed by atoms with Crippen molar-refractivity contribution >= 4 is 27.2 Å². The van der Waals surface area contributed by atoms with Crippen LogP contribution >= 0.6 is 11.3 Å². The fourth-order valence-corrected chi connectivity index (χ4v) is 5.69. The van der Waals surface area contributed by atoms with Gasteiger partial charge in [0.05, 0.1) is 22.3 Å². The number of hydrogen-bond donors (Lipinski definition) is 0. The molecule has 1 aromatic heterocycles. The molecule has 2 aliphatic rings. The van der Waals surface area contributed by atoms with Gasteiger partial charge in [-0.15, -0.1) is 11.3 Å². The quantitative estimate of drug-likeness (QED) is 0.643. The van der Waals surface area contributed by atoms with E-state index in [0.717, 1.165) is 29.9 Å². The van der Waals surface area contributed by atoms with Gasteiger partial charge in [0, 0.05) is 18.7 Å². The summed E-state index contributed by atoms with van der Waals surface area (Å²) in [5.74, 6) is 0. The molecule has 0 unspecified atom stereocenters. The third kappa shape index (κ3) is 2.12. The van der Waals surface area contributed by atoms with Crippen LogP contribution < -0.4 is 4.90 Å². The van der Waals surface area contributed by atoms with E-state index < -0.39 is 5.41 Å². The van der Waals surface area contributed by atoms with Crippen molar-refractivity contribution in [3.8, 4) is 6.07 Å². The lowest BCUT2D eigenvalue weighted by atomic mass is 9.69. The standard InChI is InChI=1S/C21H19N3S/c22-14-21(20-23-16-8-2-4-10-18(16)25-20)13-15-7-1-3-9-17(15)24-12-6-5-11-19(21)24/h1-4,7-10,19H,5-6,11-13H2/t19-,21+/m1/s1. The monoisotopic (exact) mass is 345 g/mol. The zero-order valence-electron chi connectivity index (χ0n) is 14.0. The van der Waals surface area contributed by atoms with Gasteiger partial charge in [-0.1, -0.05) is 30.3 Å².